The van der Waals surface area contributed by atoms with E-state index in [0.717, 1.165) is 48.3 Å². The minimum atomic E-state index is -0.484. The van der Waals surface area contributed by atoms with E-state index >= 15 is 0 Å². The van der Waals surface area contributed by atoms with Crippen LogP contribution in [0.1, 0.15) is 68.5 Å². The van der Waals surface area contributed by atoms with E-state index in [1.54, 1.807) is 4.90 Å². The SMILES string of the molecule is Cc1c(OCc2cnn(C3CCCCO3)c2)ccc2c1CCN(C(=O)OC(C)(C)C)C2. The molecule has 7 heteroatoms. The predicted octanol–water partition coefficient (Wildman–Crippen LogP) is 4.76. The zero-order valence-electron chi connectivity index (χ0n) is 19.0. The maximum Gasteiger partial charge on any atom is 0.410 e. The summed E-state index contributed by atoms with van der Waals surface area (Å²) in [5.41, 5.74) is 4.11. The van der Waals surface area contributed by atoms with Gasteiger partial charge in [-0.2, -0.15) is 5.10 Å². The molecule has 1 unspecified atom stereocenters. The highest BCUT2D eigenvalue weighted by Gasteiger charge is 2.27. The van der Waals surface area contributed by atoms with Crippen LogP contribution in [0.3, 0.4) is 0 Å². The number of amides is 1. The van der Waals surface area contributed by atoms with Crippen LogP contribution in [0.5, 0.6) is 5.75 Å². The monoisotopic (exact) mass is 427 g/mol. The molecule has 168 valence electrons. The van der Waals surface area contributed by atoms with Gasteiger partial charge in [0.1, 0.15) is 24.2 Å². The second kappa shape index (κ2) is 8.91. The molecule has 2 aromatic rings. The maximum atomic E-state index is 12.4. The molecule has 4 rings (SSSR count). The summed E-state index contributed by atoms with van der Waals surface area (Å²) in [5, 5.41) is 4.46. The number of ether oxygens (including phenoxy) is 3. The Balaban J connectivity index is 1.38. The fourth-order valence-corrected chi connectivity index (χ4v) is 4.16. The van der Waals surface area contributed by atoms with Crippen LogP contribution in [0.2, 0.25) is 0 Å². The lowest BCUT2D eigenvalue weighted by Gasteiger charge is -2.32. The van der Waals surface area contributed by atoms with Crippen LogP contribution < -0.4 is 4.74 Å². The lowest BCUT2D eigenvalue weighted by atomic mass is 9.94. The topological polar surface area (TPSA) is 65.8 Å². The molecular formula is C24H33N3O4. The Kier molecular flexibility index (Phi) is 6.23. The summed E-state index contributed by atoms with van der Waals surface area (Å²) < 4.78 is 19.4. The molecule has 2 aliphatic heterocycles. The van der Waals surface area contributed by atoms with Crippen molar-refractivity contribution in [3.63, 3.8) is 0 Å². The molecule has 0 N–H and O–H groups in total. The van der Waals surface area contributed by atoms with Crippen LogP contribution in [0.25, 0.3) is 0 Å². The molecule has 1 atom stereocenters. The summed E-state index contributed by atoms with van der Waals surface area (Å²) in [4.78, 5) is 14.2. The van der Waals surface area contributed by atoms with Gasteiger partial charge in [0.05, 0.1) is 6.20 Å². The highest BCUT2D eigenvalue weighted by Crippen LogP contribution is 2.30. The van der Waals surface area contributed by atoms with E-state index in [0.29, 0.717) is 19.7 Å². The number of rotatable bonds is 4. The van der Waals surface area contributed by atoms with E-state index in [1.807, 2.05) is 43.9 Å². The summed E-state index contributed by atoms with van der Waals surface area (Å²) in [7, 11) is 0. The Labute approximate surface area is 184 Å². The largest absolute Gasteiger partial charge is 0.489 e. The van der Waals surface area contributed by atoms with Crippen molar-refractivity contribution in [1.29, 1.82) is 0 Å². The van der Waals surface area contributed by atoms with Crippen LogP contribution >= 0.6 is 0 Å². The Morgan fingerprint density at radius 3 is 2.87 bits per heavy atom. The molecule has 31 heavy (non-hydrogen) atoms. The summed E-state index contributed by atoms with van der Waals surface area (Å²) in [5.74, 6) is 0.881. The Hall–Kier alpha value is -2.54. The van der Waals surface area contributed by atoms with Crippen molar-refractivity contribution in [2.45, 2.75) is 78.4 Å². The first-order valence-corrected chi connectivity index (χ1v) is 11.2. The van der Waals surface area contributed by atoms with Gasteiger partial charge in [-0.25, -0.2) is 9.48 Å². The van der Waals surface area contributed by atoms with Gasteiger partial charge in [0.2, 0.25) is 0 Å². The normalized spacial score (nSPS) is 19.1. The van der Waals surface area contributed by atoms with E-state index in [-0.39, 0.29) is 12.3 Å². The summed E-state index contributed by atoms with van der Waals surface area (Å²) in [6, 6.07) is 4.06. The number of carbonyl (C=O) groups excluding carboxylic acids is 1. The molecule has 0 spiro atoms. The molecule has 2 aliphatic rings. The van der Waals surface area contributed by atoms with E-state index in [4.69, 9.17) is 14.2 Å². The fraction of sp³-hybridized carbons (Fsp3) is 0.583. The molecule has 1 amide bonds. The van der Waals surface area contributed by atoms with Crippen LogP contribution in [0.4, 0.5) is 4.79 Å². The number of hydrogen-bond acceptors (Lipinski definition) is 5. The highest BCUT2D eigenvalue weighted by molar-refractivity contribution is 5.69. The van der Waals surface area contributed by atoms with E-state index in [9.17, 15) is 4.79 Å². The van der Waals surface area contributed by atoms with Gasteiger partial charge >= 0.3 is 6.09 Å². The average molecular weight is 428 g/mol. The number of hydrogen-bond donors (Lipinski definition) is 0. The van der Waals surface area contributed by atoms with Gasteiger partial charge in [-0.05, 0) is 76.1 Å². The van der Waals surface area contributed by atoms with Crippen molar-refractivity contribution in [3.8, 4) is 5.75 Å². The second-order valence-corrected chi connectivity index (χ2v) is 9.42. The van der Waals surface area contributed by atoms with Crippen molar-refractivity contribution in [2.24, 2.45) is 0 Å². The van der Waals surface area contributed by atoms with E-state index in [1.165, 1.54) is 12.0 Å². The van der Waals surface area contributed by atoms with Crippen molar-refractivity contribution < 1.29 is 19.0 Å². The van der Waals surface area contributed by atoms with Crippen molar-refractivity contribution in [1.82, 2.24) is 14.7 Å². The molecule has 1 fully saturated rings. The van der Waals surface area contributed by atoms with Gasteiger partial charge in [0.25, 0.3) is 0 Å². The fourth-order valence-electron chi connectivity index (χ4n) is 4.16. The molecule has 1 saturated heterocycles. The molecule has 0 radical (unpaired) electrons. The third kappa shape index (κ3) is 5.21. The van der Waals surface area contributed by atoms with Crippen molar-refractivity contribution in [3.05, 3.63) is 46.8 Å². The van der Waals surface area contributed by atoms with Crippen LogP contribution in [0.15, 0.2) is 24.5 Å². The van der Waals surface area contributed by atoms with Gasteiger partial charge in [0, 0.05) is 31.5 Å². The lowest BCUT2D eigenvalue weighted by Crippen LogP contribution is -2.40. The second-order valence-electron chi connectivity index (χ2n) is 9.42. The molecule has 1 aromatic heterocycles. The zero-order chi connectivity index (χ0) is 22.0. The first-order chi connectivity index (χ1) is 14.8. The van der Waals surface area contributed by atoms with Gasteiger partial charge in [-0.15, -0.1) is 0 Å². The molecule has 3 heterocycles. The van der Waals surface area contributed by atoms with E-state index in [2.05, 4.69) is 18.1 Å². The maximum absolute atomic E-state index is 12.4. The summed E-state index contributed by atoms with van der Waals surface area (Å²) in [6.07, 6.45) is 7.76. The first-order valence-electron chi connectivity index (χ1n) is 11.2. The third-order valence-corrected chi connectivity index (χ3v) is 5.79. The number of carbonyl (C=O) groups is 1. The number of aromatic nitrogens is 2. The van der Waals surface area contributed by atoms with Gasteiger partial charge in [-0.1, -0.05) is 6.07 Å². The lowest BCUT2D eigenvalue weighted by molar-refractivity contribution is -0.0395. The Bertz CT molecular complexity index is 925. The van der Waals surface area contributed by atoms with E-state index < -0.39 is 5.60 Å². The number of benzene rings is 1. The van der Waals surface area contributed by atoms with Crippen molar-refractivity contribution >= 4 is 6.09 Å². The molecule has 0 bridgehead atoms. The average Bonchev–Trinajstić information content (AvgIpc) is 3.21. The zero-order valence-corrected chi connectivity index (χ0v) is 19.0. The van der Waals surface area contributed by atoms with Gasteiger partial charge in [-0.3, -0.25) is 0 Å². The number of nitrogens with zero attached hydrogens (tertiary/aromatic N) is 3. The first kappa shape index (κ1) is 21.7. The minimum Gasteiger partial charge on any atom is -0.489 e. The molecular weight excluding hydrogens is 394 g/mol. The minimum absolute atomic E-state index is 0.0425. The van der Waals surface area contributed by atoms with Crippen LogP contribution in [-0.2, 0) is 29.0 Å². The summed E-state index contributed by atoms with van der Waals surface area (Å²) >= 11 is 0. The Morgan fingerprint density at radius 2 is 2.13 bits per heavy atom. The Morgan fingerprint density at radius 1 is 1.29 bits per heavy atom. The van der Waals surface area contributed by atoms with Crippen LogP contribution in [-0.4, -0.2) is 39.5 Å². The number of fused-ring (bicyclic) bond motifs is 1. The smallest absolute Gasteiger partial charge is 0.410 e. The molecule has 7 nitrogen and oxygen atoms in total. The molecule has 1 aromatic carbocycles. The highest BCUT2D eigenvalue weighted by atomic mass is 16.6. The van der Waals surface area contributed by atoms with Crippen molar-refractivity contribution in [2.75, 3.05) is 13.2 Å². The van der Waals surface area contributed by atoms with Gasteiger partial charge in [0.15, 0.2) is 0 Å². The standard InChI is InChI=1S/C24H33N3O4/c1-17-20-10-11-26(23(28)31-24(2,3)4)15-19(20)8-9-21(17)30-16-18-13-25-27(14-18)22-7-5-6-12-29-22/h8-9,13-14,22H,5-7,10-12,15-16H2,1-4H3. The predicted molar refractivity (Wildman–Crippen MR) is 117 cm³/mol. The molecule has 0 aliphatic carbocycles. The third-order valence-electron chi connectivity index (χ3n) is 5.79. The molecule has 0 saturated carbocycles. The van der Waals surface area contributed by atoms with Crippen LogP contribution in [0, 0.1) is 6.92 Å². The quantitative estimate of drug-likeness (QED) is 0.704. The van der Waals surface area contributed by atoms with Gasteiger partial charge < -0.3 is 19.1 Å². The summed E-state index contributed by atoms with van der Waals surface area (Å²) in [6.45, 7) is 10.3.